The maximum Gasteiger partial charge on any atom is 0.265 e. The molecule has 0 radical (unpaired) electrons. The molecule has 7 heteroatoms. The summed E-state index contributed by atoms with van der Waals surface area (Å²) >= 11 is 4.82. The van der Waals surface area contributed by atoms with Crippen LogP contribution in [0.25, 0.3) is 22.4 Å². The molecule has 0 bridgehead atoms. The fourth-order valence-electron chi connectivity index (χ4n) is 4.02. The zero-order valence-corrected chi connectivity index (χ0v) is 20.7. The van der Waals surface area contributed by atoms with E-state index in [4.69, 9.17) is 0 Å². The third kappa shape index (κ3) is 3.64. The average molecular weight is 479 g/mol. The molecular formula is C25H24N3OS3+. The Morgan fingerprint density at radius 3 is 2.59 bits per heavy atom. The van der Waals surface area contributed by atoms with Crippen LogP contribution in [-0.2, 0) is 13.6 Å². The summed E-state index contributed by atoms with van der Waals surface area (Å²) in [6.45, 7) is 6.10. The van der Waals surface area contributed by atoms with Crippen molar-refractivity contribution in [2.75, 3.05) is 11.4 Å². The van der Waals surface area contributed by atoms with E-state index < -0.39 is 0 Å². The van der Waals surface area contributed by atoms with Gasteiger partial charge in [-0.1, -0.05) is 58.7 Å². The van der Waals surface area contributed by atoms with E-state index in [0.717, 1.165) is 27.8 Å². The molecule has 4 aromatic rings. The van der Waals surface area contributed by atoms with Gasteiger partial charge in [0.05, 0.1) is 16.8 Å². The number of aryl methyl sites for hydroxylation is 1. The molecule has 0 spiro atoms. The van der Waals surface area contributed by atoms with Crippen LogP contribution in [0.2, 0.25) is 0 Å². The first-order chi connectivity index (χ1) is 15.6. The standard InChI is InChI=1S/C25H24N3OS3/c1-4-27-17-10-6-8-12-20(17)30-22(27)15-14-19-25(29)32-23(26(19)3)16-24-28(5-2)18-11-7-9-13-21(18)31-24/h6-16H,4-5H2,1-3H3/q+1/b19-14-,22-15-. The number of para-hydroxylation sites is 2. The Balaban J connectivity index is 1.58. The van der Waals surface area contributed by atoms with Crippen LogP contribution in [0.4, 0.5) is 5.69 Å². The van der Waals surface area contributed by atoms with Crippen LogP contribution < -0.4 is 24.2 Å². The van der Waals surface area contributed by atoms with Gasteiger partial charge in [-0.05, 0) is 44.2 Å². The van der Waals surface area contributed by atoms with Gasteiger partial charge < -0.3 is 9.47 Å². The molecule has 0 atom stereocenters. The zero-order chi connectivity index (χ0) is 22.2. The van der Waals surface area contributed by atoms with Gasteiger partial charge in [-0.25, -0.2) is 0 Å². The molecule has 5 rings (SSSR count). The summed E-state index contributed by atoms with van der Waals surface area (Å²) in [6, 6.07) is 16.9. The van der Waals surface area contributed by atoms with Crippen molar-refractivity contribution >= 4 is 62.5 Å². The number of rotatable bonds is 4. The largest absolute Gasteiger partial charge is 0.335 e. The number of anilines is 1. The number of thioether (sulfide) groups is 1. The van der Waals surface area contributed by atoms with Crippen LogP contribution in [0.3, 0.4) is 0 Å². The minimum atomic E-state index is 0.0864. The number of nitrogens with zero attached hydrogens (tertiary/aromatic N) is 3. The minimum absolute atomic E-state index is 0.0864. The Labute approximate surface area is 199 Å². The Bertz CT molecular complexity index is 1520. The second kappa shape index (κ2) is 8.73. The second-order valence-electron chi connectivity index (χ2n) is 7.45. The highest BCUT2D eigenvalue weighted by Gasteiger charge is 2.22. The van der Waals surface area contributed by atoms with Gasteiger partial charge in [0, 0.05) is 24.6 Å². The van der Waals surface area contributed by atoms with Gasteiger partial charge in [0.1, 0.15) is 21.3 Å². The molecule has 2 aromatic heterocycles. The van der Waals surface area contributed by atoms with Crippen LogP contribution in [-0.4, -0.2) is 11.1 Å². The molecule has 3 heterocycles. The number of benzene rings is 2. The van der Waals surface area contributed by atoms with Crippen molar-refractivity contribution in [3.05, 3.63) is 84.2 Å². The molecule has 32 heavy (non-hydrogen) atoms. The smallest absolute Gasteiger partial charge is 0.265 e. The summed E-state index contributed by atoms with van der Waals surface area (Å²) in [5, 5.41) is 3.03. The molecule has 0 saturated heterocycles. The first-order valence-corrected chi connectivity index (χ1v) is 13.1. The number of thiazole rings is 2. The van der Waals surface area contributed by atoms with Crippen LogP contribution in [0.1, 0.15) is 18.9 Å². The summed E-state index contributed by atoms with van der Waals surface area (Å²) in [4.78, 5) is 16.4. The van der Waals surface area contributed by atoms with Crippen LogP contribution in [0, 0.1) is 0 Å². The van der Waals surface area contributed by atoms with Gasteiger partial charge in [-0.15, -0.1) is 0 Å². The highest BCUT2D eigenvalue weighted by molar-refractivity contribution is 8.03. The van der Waals surface area contributed by atoms with Crippen molar-refractivity contribution in [3.63, 3.8) is 0 Å². The lowest BCUT2D eigenvalue weighted by Gasteiger charge is -2.17. The molecule has 0 unspecified atom stereocenters. The number of allylic oxidation sites excluding steroid dienone is 1. The van der Waals surface area contributed by atoms with Gasteiger partial charge in [-0.2, -0.15) is 4.57 Å². The predicted octanol–water partition coefficient (Wildman–Crippen LogP) is 4.05. The molecule has 162 valence electrons. The Morgan fingerprint density at radius 1 is 1.00 bits per heavy atom. The van der Waals surface area contributed by atoms with Crippen molar-refractivity contribution in [1.82, 2.24) is 4.57 Å². The minimum Gasteiger partial charge on any atom is -0.335 e. The maximum atomic E-state index is 12.8. The fourth-order valence-corrected chi connectivity index (χ4v) is 7.29. The molecule has 0 amide bonds. The average Bonchev–Trinajstić information content (AvgIpc) is 3.43. The van der Waals surface area contributed by atoms with Crippen LogP contribution >= 0.6 is 34.4 Å². The Morgan fingerprint density at radius 2 is 1.78 bits per heavy atom. The van der Waals surface area contributed by atoms with E-state index in [1.54, 1.807) is 23.1 Å². The first-order valence-electron chi connectivity index (χ1n) is 10.7. The van der Waals surface area contributed by atoms with E-state index in [1.807, 2.05) is 17.7 Å². The van der Waals surface area contributed by atoms with Crippen molar-refractivity contribution in [3.8, 4) is 0 Å². The Hall–Kier alpha value is -2.61. The summed E-state index contributed by atoms with van der Waals surface area (Å²) < 4.78 is 6.63. The number of fused-ring (bicyclic) bond motifs is 2. The molecule has 0 aliphatic carbocycles. The van der Waals surface area contributed by atoms with E-state index in [2.05, 4.69) is 84.0 Å². The second-order valence-corrected chi connectivity index (χ2v) is 10.6. The van der Waals surface area contributed by atoms with Gasteiger partial charge in [0.15, 0.2) is 0 Å². The maximum absolute atomic E-state index is 12.8. The molecule has 4 nitrogen and oxygen atoms in total. The normalized spacial score (nSPS) is 16.0. The molecule has 0 fully saturated rings. The summed E-state index contributed by atoms with van der Waals surface area (Å²) in [5.74, 6) is 0. The molecule has 1 aliphatic heterocycles. The van der Waals surface area contributed by atoms with Crippen LogP contribution in [0.15, 0.2) is 69.3 Å². The number of hydrogen-bond donors (Lipinski definition) is 0. The van der Waals surface area contributed by atoms with Gasteiger partial charge in [0.25, 0.3) is 9.75 Å². The molecular weight excluding hydrogens is 454 g/mol. The van der Waals surface area contributed by atoms with Gasteiger partial charge >= 0.3 is 0 Å². The third-order valence-electron chi connectivity index (χ3n) is 5.63. The lowest BCUT2D eigenvalue weighted by atomic mass is 10.3. The van der Waals surface area contributed by atoms with E-state index in [-0.39, 0.29) is 4.74 Å². The first kappa shape index (κ1) is 21.2. The van der Waals surface area contributed by atoms with Gasteiger partial charge in [0.2, 0.25) is 5.52 Å². The molecule has 0 N–H and O–H groups in total. The van der Waals surface area contributed by atoms with Crippen molar-refractivity contribution in [1.29, 1.82) is 0 Å². The predicted molar refractivity (Wildman–Crippen MR) is 138 cm³/mol. The lowest BCUT2D eigenvalue weighted by Crippen LogP contribution is -2.35. The van der Waals surface area contributed by atoms with Gasteiger partial charge in [-0.3, -0.25) is 4.79 Å². The SMILES string of the molecule is CCN1/C(=C/C=c2/c(=O)sc(=Cc3sc4ccccc4[n+]3CC)n2C)Sc2ccccc21. The molecule has 0 saturated carbocycles. The van der Waals surface area contributed by atoms with Crippen LogP contribution in [0.5, 0.6) is 0 Å². The zero-order valence-electron chi connectivity index (χ0n) is 18.2. The quantitative estimate of drug-likeness (QED) is 0.415. The van der Waals surface area contributed by atoms with Crippen molar-refractivity contribution < 1.29 is 4.57 Å². The molecule has 1 aliphatic rings. The third-order valence-corrected chi connectivity index (χ3v) is 8.87. The van der Waals surface area contributed by atoms with Crippen molar-refractivity contribution in [2.24, 2.45) is 7.05 Å². The van der Waals surface area contributed by atoms with E-state index in [1.165, 1.54) is 32.1 Å². The number of aromatic nitrogens is 2. The lowest BCUT2D eigenvalue weighted by molar-refractivity contribution is -0.665. The fraction of sp³-hybridized carbons (Fsp3) is 0.200. The highest BCUT2D eigenvalue weighted by Crippen LogP contribution is 2.45. The van der Waals surface area contributed by atoms with Crippen molar-refractivity contribution in [2.45, 2.75) is 25.3 Å². The highest BCUT2D eigenvalue weighted by atomic mass is 32.2. The monoisotopic (exact) mass is 478 g/mol. The summed E-state index contributed by atoms with van der Waals surface area (Å²) in [6.07, 6.45) is 6.18. The van der Waals surface area contributed by atoms with E-state index in [0.29, 0.717) is 5.35 Å². The summed E-state index contributed by atoms with van der Waals surface area (Å²) in [7, 11) is 1.98. The summed E-state index contributed by atoms with van der Waals surface area (Å²) in [5.41, 5.74) is 2.47. The molecule has 2 aromatic carbocycles. The van der Waals surface area contributed by atoms with E-state index in [9.17, 15) is 4.79 Å². The van der Waals surface area contributed by atoms with E-state index >= 15 is 0 Å². The Kier molecular flexibility index (Phi) is 5.80. The number of hydrogen-bond acceptors (Lipinski definition) is 5. The topological polar surface area (TPSA) is 29.1 Å².